The minimum Gasteiger partial charge on any atom is -0.493 e. The molecular formula is C35H57N2O2+. The third kappa shape index (κ3) is 12.1. The number of hydrogen-bond acceptors (Lipinski definition) is 2. The molecule has 4 heteroatoms. The molecule has 0 aliphatic carbocycles. The summed E-state index contributed by atoms with van der Waals surface area (Å²) in [5.41, 5.74) is 2.98. The quantitative estimate of drug-likeness (QED) is 0.143. The number of benzene rings is 1. The van der Waals surface area contributed by atoms with Gasteiger partial charge in [0.2, 0.25) is 0 Å². The second kappa shape index (κ2) is 18.1. The maximum Gasteiger partial charge on any atom is 0.252 e. The Balaban J connectivity index is 1.83. The SMILES string of the molecule is CCCCCCCCCCCCCCOc1ccc(C(CC)NC(=O)c2cc[n+](CC)cc2)cc1C(C)(C)C. The van der Waals surface area contributed by atoms with E-state index in [-0.39, 0.29) is 17.4 Å². The van der Waals surface area contributed by atoms with Crippen molar-refractivity contribution in [2.75, 3.05) is 6.61 Å². The fraction of sp³-hybridized carbons (Fsp3) is 0.657. The van der Waals surface area contributed by atoms with Gasteiger partial charge in [0.15, 0.2) is 12.4 Å². The second-order valence-corrected chi connectivity index (χ2v) is 12.1. The number of ether oxygens (including phenoxy) is 1. The Bertz CT molecular complexity index is 946. The van der Waals surface area contributed by atoms with Crippen LogP contribution >= 0.6 is 0 Å². The lowest BCUT2D eigenvalue weighted by atomic mass is 9.84. The van der Waals surface area contributed by atoms with Crippen LogP contribution in [0, 0.1) is 0 Å². The van der Waals surface area contributed by atoms with Crippen LogP contribution in [-0.2, 0) is 12.0 Å². The number of carbonyl (C=O) groups excluding carboxylic acids is 1. The second-order valence-electron chi connectivity index (χ2n) is 12.1. The Morgan fingerprint density at radius 2 is 1.38 bits per heavy atom. The van der Waals surface area contributed by atoms with E-state index < -0.39 is 0 Å². The van der Waals surface area contributed by atoms with Gasteiger partial charge in [-0.25, -0.2) is 4.57 Å². The van der Waals surface area contributed by atoms with Crippen molar-refractivity contribution < 1.29 is 14.1 Å². The van der Waals surface area contributed by atoms with E-state index in [2.05, 4.69) is 69.6 Å². The van der Waals surface area contributed by atoms with Gasteiger partial charge in [-0.15, -0.1) is 0 Å². The summed E-state index contributed by atoms with van der Waals surface area (Å²) < 4.78 is 8.36. The summed E-state index contributed by atoms with van der Waals surface area (Å²) in [6.45, 7) is 14.8. The van der Waals surface area contributed by atoms with E-state index in [1.807, 2.05) is 24.5 Å². The summed E-state index contributed by atoms with van der Waals surface area (Å²) in [6, 6.07) is 10.2. The van der Waals surface area contributed by atoms with Crippen molar-refractivity contribution in [3.05, 3.63) is 59.4 Å². The lowest BCUT2D eigenvalue weighted by Crippen LogP contribution is -2.33. The van der Waals surface area contributed by atoms with Gasteiger partial charge in [0.05, 0.1) is 18.2 Å². The van der Waals surface area contributed by atoms with Crippen molar-refractivity contribution in [3.8, 4) is 5.75 Å². The van der Waals surface area contributed by atoms with Gasteiger partial charge in [-0.3, -0.25) is 4.79 Å². The highest BCUT2D eigenvalue weighted by Gasteiger charge is 2.22. The van der Waals surface area contributed by atoms with Crippen LogP contribution in [0.4, 0.5) is 0 Å². The number of hydrogen-bond donors (Lipinski definition) is 1. The molecule has 0 aliphatic rings. The van der Waals surface area contributed by atoms with Crippen molar-refractivity contribution >= 4 is 5.91 Å². The molecule has 218 valence electrons. The molecule has 1 aromatic carbocycles. The third-order valence-electron chi connectivity index (χ3n) is 7.70. The predicted molar refractivity (Wildman–Crippen MR) is 165 cm³/mol. The van der Waals surface area contributed by atoms with Gasteiger partial charge in [0.25, 0.3) is 5.91 Å². The largest absolute Gasteiger partial charge is 0.493 e. The summed E-state index contributed by atoms with van der Waals surface area (Å²) in [6.07, 6.45) is 20.9. The van der Waals surface area contributed by atoms with Gasteiger partial charge < -0.3 is 10.1 Å². The van der Waals surface area contributed by atoms with E-state index in [0.717, 1.165) is 37.3 Å². The molecule has 0 aliphatic heterocycles. The van der Waals surface area contributed by atoms with Crippen LogP contribution in [0.25, 0.3) is 0 Å². The van der Waals surface area contributed by atoms with E-state index in [0.29, 0.717) is 5.56 Å². The molecule has 1 amide bonds. The summed E-state index contributed by atoms with van der Waals surface area (Å²) in [5.74, 6) is 0.942. The smallest absolute Gasteiger partial charge is 0.252 e. The van der Waals surface area contributed by atoms with E-state index in [4.69, 9.17) is 4.74 Å². The molecule has 1 atom stereocenters. The Morgan fingerprint density at radius 3 is 1.90 bits per heavy atom. The summed E-state index contributed by atoms with van der Waals surface area (Å²) >= 11 is 0. The first-order chi connectivity index (χ1) is 18.8. The normalized spacial score (nSPS) is 12.4. The average Bonchev–Trinajstić information content (AvgIpc) is 2.93. The van der Waals surface area contributed by atoms with E-state index in [1.165, 1.54) is 76.2 Å². The van der Waals surface area contributed by atoms with E-state index in [9.17, 15) is 4.79 Å². The molecule has 39 heavy (non-hydrogen) atoms. The van der Waals surface area contributed by atoms with Crippen molar-refractivity contribution in [1.82, 2.24) is 5.32 Å². The van der Waals surface area contributed by atoms with Crippen LogP contribution in [0.2, 0.25) is 0 Å². The van der Waals surface area contributed by atoms with Gasteiger partial charge in [-0.2, -0.15) is 0 Å². The number of rotatable bonds is 19. The molecule has 0 bridgehead atoms. The van der Waals surface area contributed by atoms with Gasteiger partial charge in [0, 0.05) is 12.1 Å². The molecule has 0 spiro atoms. The number of nitrogens with zero attached hydrogens (tertiary/aromatic N) is 1. The molecule has 2 rings (SSSR count). The fourth-order valence-electron chi connectivity index (χ4n) is 5.08. The fourth-order valence-corrected chi connectivity index (χ4v) is 5.08. The van der Waals surface area contributed by atoms with Crippen LogP contribution in [0.3, 0.4) is 0 Å². The molecule has 2 aromatic rings. The highest BCUT2D eigenvalue weighted by Crippen LogP contribution is 2.34. The number of nitrogens with one attached hydrogen (secondary N) is 1. The standard InChI is InChI=1S/C35H56N2O2/c1-7-10-11-12-13-14-15-16-17-18-19-20-27-39-33-22-21-30(28-31(33)35(4,5)6)32(8-2)36-34(38)29-23-25-37(9-3)26-24-29/h21-26,28,32H,7-20,27H2,1-6H3/p+1. The van der Waals surface area contributed by atoms with Crippen molar-refractivity contribution in [2.24, 2.45) is 0 Å². The lowest BCUT2D eigenvalue weighted by Gasteiger charge is -2.26. The van der Waals surface area contributed by atoms with E-state index >= 15 is 0 Å². The van der Waals surface area contributed by atoms with Crippen LogP contribution in [-0.4, -0.2) is 12.5 Å². The number of carbonyl (C=O) groups is 1. The molecule has 1 aromatic heterocycles. The third-order valence-corrected chi connectivity index (χ3v) is 7.70. The van der Waals surface area contributed by atoms with Gasteiger partial charge in [-0.1, -0.05) is 111 Å². The molecule has 1 N–H and O–H groups in total. The zero-order chi connectivity index (χ0) is 28.5. The van der Waals surface area contributed by atoms with E-state index in [1.54, 1.807) is 0 Å². The number of aryl methyl sites for hydroxylation is 1. The van der Waals surface area contributed by atoms with Crippen molar-refractivity contribution in [1.29, 1.82) is 0 Å². The highest BCUT2D eigenvalue weighted by atomic mass is 16.5. The van der Waals surface area contributed by atoms with Gasteiger partial charge >= 0.3 is 0 Å². The van der Waals surface area contributed by atoms with Gasteiger partial charge in [0.1, 0.15) is 12.3 Å². The number of aromatic nitrogens is 1. The van der Waals surface area contributed by atoms with Crippen molar-refractivity contribution in [3.63, 3.8) is 0 Å². The van der Waals surface area contributed by atoms with Crippen molar-refractivity contribution in [2.45, 2.75) is 143 Å². The Morgan fingerprint density at radius 1 is 0.821 bits per heavy atom. The summed E-state index contributed by atoms with van der Waals surface area (Å²) in [4.78, 5) is 12.9. The number of amides is 1. The zero-order valence-electron chi connectivity index (χ0n) is 26.0. The predicted octanol–water partition coefficient (Wildman–Crippen LogP) is 9.25. The Hall–Kier alpha value is -2.36. The van der Waals surface area contributed by atoms with Crippen LogP contribution in [0.15, 0.2) is 42.7 Å². The summed E-state index contributed by atoms with van der Waals surface area (Å²) in [7, 11) is 0. The molecule has 0 fully saturated rings. The number of pyridine rings is 1. The lowest BCUT2D eigenvalue weighted by molar-refractivity contribution is -0.693. The first-order valence-electron chi connectivity index (χ1n) is 15.9. The van der Waals surface area contributed by atoms with Crippen LogP contribution < -0.4 is 14.6 Å². The van der Waals surface area contributed by atoms with Gasteiger partial charge in [-0.05, 0) is 48.4 Å². The molecular weight excluding hydrogens is 480 g/mol. The minimum absolute atomic E-state index is 0.0327. The zero-order valence-corrected chi connectivity index (χ0v) is 26.0. The average molecular weight is 538 g/mol. The maximum atomic E-state index is 12.9. The van der Waals surface area contributed by atoms with Crippen LogP contribution in [0.1, 0.15) is 153 Å². The topological polar surface area (TPSA) is 42.2 Å². The first-order valence-corrected chi connectivity index (χ1v) is 15.9. The van der Waals surface area contributed by atoms with Crippen LogP contribution in [0.5, 0.6) is 5.75 Å². The molecule has 1 heterocycles. The molecule has 0 radical (unpaired) electrons. The molecule has 0 saturated heterocycles. The molecule has 0 saturated carbocycles. The minimum atomic E-state index is -0.0443. The number of unbranched alkanes of at least 4 members (excludes halogenated alkanes) is 11. The Kier molecular flexibility index (Phi) is 15.2. The summed E-state index contributed by atoms with van der Waals surface area (Å²) in [5, 5.41) is 3.24. The highest BCUT2D eigenvalue weighted by molar-refractivity contribution is 5.94. The molecule has 1 unspecified atom stereocenters. The molecule has 4 nitrogen and oxygen atoms in total. The first kappa shape index (κ1) is 32.8. The monoisotopic (exact) mass is 537 g/mol. The Labute approximate surface area is 240 Å². The maximum absolute atomic E-state index is 12.9.